The average Bonchev–Trinajstić information content (AvgIpc) is 3.21. The van der Waals surface area contributed by atoms with E-state index in [2.05, 4.69) is 20.9 Å². The summed E-state index contributed by atoms with van der Waals surface area (Å²) in [6.07, 6.45) is 4.00. The summed E-state index contributed by atoms with van der Waals surface area (Å²) < 4.78 is 5.82. The number of amides is 1. The van der Waals surface area contributed by atoms with Crippen molar-refractivity contribution in [3.05, 3.63) is 29.8 Å². The first-order valence-corrected chi connectivity index (χ1v) is 8.35. The lowest BCUT2D eigenvalue weighted by molar-refractivity contribution is 0.0954. The summed E-state index contributed by atoms with van der Waals surface area (Å²) in [5.41, 5.74) is 0.523. The number of fused-ring (bicyclic) bond motifs is 2. The number of aliphatic imine (C=N–C) groups is 1. The Hall–Kier alpha value is -2.28. The molecule has 0 spiro atoms. The predicted molar refractivity (Wildman–Crippen MR) is 91.2 cm³/mol. The Kier molecular flexibility index (Phi) is 5.20. The number of hydrogen-bond acceptors (Lipinski definition) is 4. The van der Waals surface area contributed by atoms with Gasteiger partial charge in [0.1, 0.15) is 5.75 Å². The van der Waals surface area contributed by atoms with E-state index in [1.807, 2.05) is 0 Å². The lowest BCUT2D eigenvalue weighted by atomic mass is 9.96. The number of carbonyl (C=O) groups excluding carboxylic acids is 1. The number of hydrogen-bond donors (Lipinski definition) is 4. The number of carbonyl (C=O) groups is 1. The Morgan fingerprint density at radius 1 is 1.25 bits per heavy atom. The second kappa shape index (κ2) is 7.53. The minimum absolute atomic E-state index is 0.146. The smallest absolute Gasteiger partial charge is 0.251 e. The molecule has 7 nitrogen and oxygen atoms in total. The summed E-state index contributed by atoms with van der Waals surface area (Å²) in [7, 11) is 1.73. The van der Waals surface area contributed by atoms with Gasteiger partial charge in [-0.1, -0.05) is 0 Å². The summed E-state index contributed by atoms with van der Waals surface area (Å²) in [5.74, 6) is 0.712. The third-order valence-electron chi connectivity index (χ3n) is 4.48. The minimum atomic E-state index is -0.166. The number of guanidine groups is 1. The van der Waals surface area contributed by atoms with Crippen molar-refractivity contribution in [1.29, 1.82) is 0 Å². The second-order valence-corrected chi connectivity index (χ2v) is 6.16. The molecular weight excluding hydrogens is 308 g/mol. The van der Waals surface area contributed by atoms with Crippen molar-refractivity contribution in [2.75, 3.05) is 20.1 Å². The van der Waals surface area contributed by atoms with Crippen LogP contribution in [-0.4, -0.2) is 55.4 Å². The van der Waals surface area contributed by atoms with E-state index in [4.69, 9.17) is 4.74 Å². The number of phenolic OH excluding ortho intramolecular Hbond substituents is 1. The summed E-state index contributed by atoms with van der Waals surface area (Å²) in [6, 6.07) is 6.50. The largest absolute Gasteiger partial charge is 0.508 e. The molecule has 2 aliphatic rings. The van der Waals surface area contributed by atoms with Crippen molar-refractivity contribution in [1.82, 2.24) is 16.0 Å². The predicted octanol–water partition coefficient (Wildman–Crippen LogP) is 0.607. The quantitative estimate of drug-likeness (QED) is 0.360. The first kappa shape index (κ1) is 16.6. The Morgan fingerprint density at radius 2 is 2.00 bits per heavy atom. The first-order valence-electron chi connectivity index (χ1n) is 8.35. The maximum Gasteiger partial charge on any atom is 0.251 e. The molecule has 24 heavy (non-hydrogen) atoms. The molecule has 0 saturated carbocycles. The molecule has 0 aliphatic carbocycles. The van der Waals surface area contributed by atoms with Gasteiger partial charge in [-0.3, -0.25) is 9.79 Å². The van der Waals surface area contributed by atoms with Gasteiger partial charge in [-0.15, -0.1) is 0 Å². The Labute approximate surface area is 141 Å². The normalized spacial score (nSPS) is 25.5. The topological polar surface area (TPSA) is 95.0 Å². The fourth-order valence-electron chi connectivity index (χ4n) is 3.23. The van der Waals surface area contributed by atoms with Gasteiger partial charge in [-0.05, 0) is 43.5 Å². The molecule has 130 valence electrons. The molecule has 2 fully saturated rings. The Bertz CT molecular complexity index is 602. The van der Waals surface area contributed by atoms with Gasteiger partial charge in [0.05, 0.1) is 18.2 Å². The van der Waals surface area contributed by atoms with Crippen LogP contribution >= 0.6 is 0 Å². The highest BCUT2D eigenvalue weighted by Gasteiger charge is 2.41. The van der Waals surface area contributed by atoms with Crippen molar-refractivity contribution in [2.45, 2.75) is 37.5 Å². The van der Waals surface area contributed by atoms with Gasteiger partial charge in [0.15, 0.2) is 5.96 Å². The van der Waals surface area contributed by atoms with E-state index in [0.717, 1.165) is 25.2 Å². The van der Waals surface area contributed by atoms with E-state index < -0.39 is 0 Å². The van der Waals surface area contributed by atoms with E-state index in [0.29, 0.717) is 36.9 Å². The SMILES string of the molecule is CN=C(NCCNC(=O)c1ccc(O)cc1)NC1CC2CCC1O2. The molecule has 3 unspecified atom stereocenters. The van der Waals surface area contributed by atoms with Gasteiger partial charge < -0.3 is 25.8 Å². The van der Waals surface area contributed by atoms with Crippen molar-refractivity contribution in [3.8, 4) is 5.75 Å². The maximum absolute atomic E-state index is 12.0. The van der Waals surface area contributed by atoms with Crippen LogP contribution in [0.4, 0.5) is 0 Å². The van der Waals surface area contributed by atoms with Crippen LogP contribution in [0.5, 0.6) is 5.75 Å². The molecular formula is C17H24N4O3. The zero-order valence-electron chi connectivity index (χ0n) is 13.8. The van der Waals surface area contributed by atoms with Crippen molar-refractivity contribution >= 4 is 11.9 Å². The van der Waals surface area contributed by atoms with Gasteiger partial charge in [-0.2, -0.15) is 0 Å². The summed E-state index contributed by atoms with van der Waals surface area (Å²) in [4.78, 5) is 16.2. The molecule has 7 heteroatoms. The zero-order chi connectivity index (χ0) is 16.9. The number of nitrogens with one attached hydrogen (secondary N) is 3. The number of nitrogens with zero attached hydrogens (tertiary/aromatic N) is 1. The van der Waals surface area contributed by atoms with E-state index in [1.165, 1.54) is 12.1 Å². The van der Waals surface area contributed by atoms with E-state index in [9.17, 15) is 9.90 Å². The van der Waals surface area contributed by atoms with E-state index in [-0.39, 0.29) is 11.7 Å². The molecule has 2 saturated heterocycles. The van der Waals surface area contributed by atoms with Crippen LogP contribution in [0.15, 0.2) is 29.3 Å². The van der Waals surface area contributed by atoms with E-state index in [1.54, 1.807) is 19.2 Å². The van der Waals surface area contributed by atoms with Crippen LogP contribution in [0, 0.1) is 0 Å². The van der Waals surface area contributed by atoms with Gasteiger partial charge in [0, 0.05) is 25.7 Å². The highest BCUT2D eigenvalue weighted by atomic mass is 16.5. The molecule has 1 aromatic rings. The fourth-order valence-corrected chi connectivity index (χ4v) is 3.23. The Balaban J connectivity index is 1.37. The summed E-state index contributed by atoms with van der Waals surface area (Å²) in [5, 5.41) is 18.7. The maximum atomic E-state index is 12.0. The van der Waals surface area contributed by atoms with Crippen LogP contribution in [0.25, 0.3) is 0 Å². The molecule has 2 heterocycles. The third-order valence-corrected chi connectivity index (χ3v) is 4.48. The molecule has 0 radical (unpaired) electrons. The fraction of sp³-hybridized carbons (Fsp3) is 0.529. The number of ether oxygens (including phenoxy) is 1. The van der Waals surface area contributed by atoms with Gasteiger partial charge in [0.2, 0.25) is 0 Å². The lowest BCUT2D eigenvalue weighted by Crippen LogP contribution is -2.48. The van der Waals surface area contributed by atoms with Crippen molar-refractivity contribution in [2.24, 2.45) is 4.99 Å². The standard InChI is InChI=1S/C17H24N4O3/c1-18-17(21-14-10-13-6-7-15(14)24-13)20-9-8-19-16(23)11-2-4-12(22)5-3-11/h2-5,13-15,22H,6-10H2,1H3,(H,19,23)(H2,18,20,21). The molecule has 1 amide bonds. The molecule has 0 aromatic heterocycles. The van der Waals surface area contributed by atoms with Gasteiger partial charge in [-0.25, -0.2) is 0 Å². The first-order chi connectivity index (χ1) is 11.7. The lowest BCUT2D eigenvalue weighted by Gasteiger charge is -2.22. The minimum Gasteiger partial charge on any atom is -0.508 e. The van der Waals surface area contributed by atoms with Crippen LogP contribution in [0.2, 0.25) is 0 Å². The number of rotatable bonds is 5. The third kappa shape index (κ3) is 3.97. The molecule has 2 aliphatic heterocycles. The average molecular weight is 332 g/mol. The molecule has 1 aromatic carbocycles. The van der Waals surface area contributed by atoms with Crippen LogP contribution in [0.3, 0.4) is 0 Å². The zero-order valence-corrected chi connectivity index (χ0v) is 13.8. The molecule has 3 atom stereocenters. The highest BCUT2D eigenvalue weighted by molar-refractivity contribution is 5.94. The number of benzene rings is 1. The highest BCUT2D eigenvalue weighted by Crippen LogP contribution is 2.34. The number of aromatic hydroxyl groups is 1. The van der Waals surface area contributed by atoms with E-state index >= 15 is 0 Å². The molecule has 3 rings (SSSR count). The Morgan fingerprint density at radius 3 is 2.62 bits per heavy atom. The molecule has 2 bridgehead atoms. The van der Waals surface area contributed by atoms with Crippen LogP contribution in [-0.2, 0) is 4.74 Å². The summed E-state index contributed by atoms with van der Waals surface area (Å²) >= 11 is 0. The van der Waals surface area contributed by atoms with Crippen molar-refractivity contribution in [3.63, 3.8) is 0 Å². The van der Waals surface area contributed by atoms with Crippen LogP contribution in [0.1, 0.15) is 29.6 Å². The van der Waals surface area contributed by atoms with Gasteiger partial charge in [0.25, 0.3) is 5.91 Å². The van der Waals surface area contributed by atoms with Crippen LogP contribution < -0.4 is 16.0 Å². The monoisotopic (exact) mass is 332 g/mol. The second-order valence-electron chi connectivity index (χ2n) is 6.16. The summed E-state index contributed by atoms with van der Waals surface area (Å²) in [6.45, 7) is 1.05. The van der Waals surface area contributed by atoms with Crippen molar-refractivity contribution < 1.29 is 14.6 Å². The molecule has 4 N–H and O–H groups in total. The van der Waals surface area contributed by atoms with Gasteiger partial charge >= 0.3 is 0 Å². The number of phenols is 1.